The molecule has 0 fully saturated rings. The van der Waals surface area contributed by atoms with Crippen LogP contribution in [0.25, 0.3) is 0 Å². The lowest BCUT2D eigenvalue weighted by Gasteiger charge is -2.19. The molecule has 0 amide bonds. The van der Waals surface area contributed by atoms with Crippen molar-refractivity contribution in [2.75, 3.05) is 6.54 Å². The van der Waals surface area contributed by atoms with E-state index in [0.717, 1.165) is 6.42 Å². The van der Waals surface area contributed by atoms with Crippen LogP contribution in [0.5, 0.6) is 0 Å². The fraction of sp³-hybridized carbons (Fsp3) is 0.267. The summed E-state index contributed by atoms with van der Waals surface area (Å²) in [6.45, 7) is 2.61. The van der Waals surface area contributed by atoms with Crippen LogP contribution in [-0.4, -0.2) is 11.5 Å². The second kappa shape index (κ2) is 6.77. The Bertz CT molecular complexity index is 552. The third kappa shape index (κ3) is 3.32. The van der Waals surface area contributed by atoms with Crippen LogP contribution in [-0.2, 0) is 0 Å². The van der Waals surface area contributed by atoms with Crippen molar-refractivity contribution in [1.82, 2.24) is 10.3 Å². The molecule has 1 atom stereocenters. The molecule has 1 N–H and O–H groups in total. The highest BCUT2D eigenvalue weighted by Crippen LogP contribution is 2.26. The number of benzene rings is 1. The van der Waals surface area contributed by atoms with Crippen LogP contribution in [0.1, 0.15) is 30.6 Å². The third-order valence-electron chi connectivity index (χ3n) is 2.93. The summed E-state index contributed by atoms with van der Waals surface area (Å²) in [5, 5.41) is 3.60. The number of hydrogen-bond acceptors (Lipinski definition) is 2. The van der Waals surface area contributed by atoms with Crippen LogP contribution < -0.4 is 5.32 Å². The van der Waals surface area contributed by atoms with E-state index in [1.807, 2.05) is 6.92 Å². The van der Waals surface area contributed by atoms with Gasteiger partial charge < -0.3 is 5.32 Å². The predicted octanol–water partition coefficient (Wildman–Crippen LogP) is 4.10. The molecule has 1 aromatic carbocycles. The SMILES string of the molecule is CCCNC(c1ccc(Cl)cn1)c1c(F)cccc1F. The molecule has 2 aromatic rings. The van der Waals surface area contributed by atoms with Gasteiger partial charge in [-0.1, -0.05) is 24.6 Å². The first-order valence-corrected chi connectivity index (χ1v) is 6.80. The molecule has 20 heavy (non-hydrogen) atoms. The number of hydrogen-bond donors (Lipinski definition) is 1. The van der Waals surface area contributed by atoms with E-state index in [0.29, 0.717) is 17.3 Å². The number of halogens is 3. The Balaban J connectivity index is 2.44. The first-order valence-electron chi connectivity index (χ1n) is 6.42. The summed E-state index contributed by atoms with van der Waals surface area (Å²) in [6, 6.07) is 6.53. The Kier molecular flexibility index (Phi) is 5.04. The minimum absolute atomic E-state index is 0.0178. The highest BCUT2D eigenvalue weighted by atomic mass is 35.5. The second-order valence-corrected chi connectivity index (χ2v) is 4.86. The summed E-state index contributed by atoms with van der Waals surface area (Å²) in [4.78, 5) is 4.16. The van der Waals surface area contributed by atoms with Gasteiger partial charge in [-0.3, -0.25) is 4.98 Å². The van der Waals surface area contributed by atoms with Crippen molar-refractivity contribution >= 4 is 11.6 Å². The molecule has 1 aromatic heterocycles. The van der Waals surface area contributed by atoms with E-state index in [2.05, 4.69) is 10.3 Å². The Morgan fingerprint density at radius 2 is 1.90 bits per heavy atom. The Hall–Kier alpha value is -1.52. The van der Waals surface area contributed by atoms with Crippen molar-refractivity contribution in [1.29, 1.82) is 0 Å². The third-order valence-corrected chi connectivity index (χ3v) is 3.16. The van der Waals surface area contributed by atoms with Crippen molar-refractivity contribution in [3.8, 4) is 0 Å². The van der Waals surface area contributed by atoms with Crippen molar-refractivity contribution in [3.63, 3.8) is 0 Å². The fourth-order valence-electron chi connectivity index (χ4n) is 1.99. The van der Waals surface area contributed by atoms with E-state index in [9.17, 15) is 8.78 Å². The monoisotopic (exact) mass is 296 g/mol. The Morgan fingerprint density at radius 3 is 2.45 bits per heavy atom. The van der Waals surface area contributed by atoms with E-state index < -0.39 is 17.7 Å². The maximum atomic E-state index is 14.0. The minimum atomic E-state index is -0.631. The van der Waals surface area contributed by atoms with Crippen LogP contribution in [0.15, 0.2) is 36.5 Å². The summed E-state index contributed by atoms with van der Waals surface area (Å²) in [5.41, 5.74) is 0.516. The number of nitrogens with one attached hydrogen (secondary N) is 1. The van der Waals surface area contributed by atoms with Crippen LogP contribution in [0.2, 0.25) is 5.02 Å². The minimum Gasteiger partial charge on any atom is -0.305 e. The standard InChI is InChI=1S/C15H15ClF2N2/c1-2-8-19-15(13-7-6-10(16)9-20-13)14-11(17)4-3-5-12(14)18/h3-7,9,15,19H,2,8H2,1H3. The smallest absolute Gasteiger partial charge is 0.131 e. The zero-order chi connectivity index (χ0) is 14.5. The Labute approximate surface area is 121 Å². The van der Waals surface area contributed by atoms with Gasteiger partial charge in [-0.25, -0.2) is 8.78 Å². The first kappa shape index (κ1) is 14.9. The van der Waals surface area contributed by atoms with Crippen molar-refractivity contribution in [2.45, 2.75) is 19.4 Å². The second-order valence-electron chi connectivity index (χ2n) is 4.42. The van der Waals surface area contributed by atoms with Gasteiger partial charge >= 0.3 is 0 Å². The lowest BCUT2D eigenvalue weighted by molar-refractivity contribution is 0.497. The summed E-state index contributed by atoms with van der Waals surface area (Å²) < 4.78 is 27.9. The van der Waals surface area contributed by atoms with Gasteiger partial charge in [0.15, 0.2) is 0 Å². The topological polar surface area (TPSA) is 24.9 Å². The van der Waals surface area contributed by atoms with Gasteiger partial charge in [-0.15, -0.1) is 0 Å². The van der Waals surface area contributed by atoms with Gasteiger partial charge in [0.25, 0.3) is 0 Å². The van der Waals surface area contributed by atoms with Gasteiger partial charge in [0.1, 0.15) is 11.6 Å². The van der Waals surface area contributed by atoms with Crippen molar-refractivity contribution < 1.29 is 8.78 Å². The molecule has 0 aliphatic heterocycles. The molecular formula is C15H15ClF2N2. The highest BCUT2D eigenvalue weighted by molar-refractivity contribution is 6.30. The molecule has 0 bridgehead atoms. The molecule has 1 heterocycles. The number of nitrogens with zero attached hydrogens (tertiary/aromatic N) is 1. The van der Waals surface area contributed by atoms with Crippen LogP contribution in [0, 0.1) is 11.6 Å². The van der Waals surface area contributed by atoms with Crippen LogP contribution >= 0.6 is 11.6 Å². The summed E-state index contributed by atoms with van der Waals surface area (Å²) in [7, 11) is 0. The molecule has 0 aliphatic carbocycles. The predicted molar refractivity (Wildman–Crippen MR) is 75.7 cm³/mol. The zero-order valence-corrected chi connectivity index (χ0v) is 11.8. The molecular weight excluding hydrogens is 282 g/mol. The van der Waals surface area contributed by atoms with Crippen LogP contribution in [0.4, 0.5) is 8.78 Å². The van der Waals surface area contributed by atoms with E-state index >= 15 is 0 Å². The van der Waals surface area contributed by atoms with Crippen molar-refractivity contribution in [3.05, 3.63) is 64.4 Å². The van der Waals surface area contributed by atoms with E-state index in [1.54, 1.807) is 12.1 Å². The molecule has 106 valence electrons. The summed E-state index contributed by atoms with van der Waals surface area (Å²) >= 11 is 5.80. The number of rotatable bonds is 5. The van der Waals surface area contributed by atoms with Crippen LogP contribution in [0.3, 0.4) is 0 Å². The summed E-state index contributed by atoms with van der Waals surface area (Å²) in [5.74, 6) is -1.18. The molecule has 1 unspecified atom stereocenters. The summed E-state index contributed by atoms with van der Waals surface area (Å²) in [6.07, 6.45) is 2.32. The molecule has 0 saturated carbocycles. The van der Waals surface area contributed by atoms with E-state index in [1.165, 1.54) is 24.4 Å². The zero-order valence-electron chi connectivity index (χ0n) is 11.0. The molecule has 0 saturated heterocycles. The maximum Gasteiger partial charge on any atom is 0.131 e. The van der Waals surface area contributed by atoms with Crippen molar-refractivity contribution in [2.24, 2.45) is 0 Å². The largest absolute Gasteiger partial charge is 0.305 e. The van der Waals surface area contributed by atoms with Gasteiger partial charge in [-0.2, -0.15) is 0 Å². The first-order chi connectivity index (χ1) is 9.63. The average molecular weight is 297 g/mol. The quantitative estimate of drug-likeness (QED) is 0.898. The van der Waals surface area contributed by atoms with Gasteiger partial charge in [0.05, 0.1) is 16.8 Å². The van der Waals surface area contributed by atoms with E-state index in [-0.39, 0.29) is 5.56 Å². The number of pyridine rings is 1. The molecule has 2 rings (SSSR count). The normalized spacial score (nSPS) is 12.4. The number of aromatic nitrogens is 1. The highest BCUT2D eigenvalue weighted by Gasteiger charge is 2.22. The maximum absolute atomic E-state index is 14.0. The fourth-order valence-corrected chi connectivity index (χ4v) is 2.10. The van der Waals surface area contributed by atoms with Gasteiger partial charge in [0, 0.05) is 11.8 Å². The van der Waals surface area contributed by atoms with E-state index in [4.69, 9.17) is 11.6 Å². The molecule has 0 aliphatic rings. The average Bonchev–Trinajstić information content (AvgIpc) is 2.43. The molecule has 0 spiro atoms. The molecule has 2 nitrogen and oxygen atoms in total. The van der Waals surface area contributed by atoms with Gasteiger partial charge in [0.2, 0.25) is 0 Å². The molecule has 0 radical (unpaired) electrons. The Morgan fingerprint density at radius 1 is 1.20 bits per heavy atom. The lowest BCUT2D eigenvalue weighted by Crippen LogP contribution is -2.26. The van der Waals surface area contributed by atoms with Gasteiger partial charge in [-0.05, 0) is 37.2 Å². The lowest BCUT2D eigenvalue weighted by atomic mass is 10.0. The molecule has 5 heteroatoms.